The van der Waals surface area contributed by atoms with Crippen molar-refractivity contribution >= 4 is 28.5 Å². The lowest BCUT2D eigenvalue weighted by molar-refractivity contribution is -0.131. The van der Waals surface area contributed by atoms with Gasteiger partial charge in [-0.25, -0.2) is 0 Å². The maximum absolute atomic E-state index is 12.2. The first kappa shape index (κ1) is 15.8. The lowest BCUT2D eigenvalue weighted by Crippen LogP contribution is -2.44. The maximum atomic E-state index is 12.2. The first-order chi connectivity index (χ1) is 10.2. The SMILES string of the molecule is C#C[C@H]1CC[C@@H](C#N)N1C(=O)CNCc1ccc(I)cc1. The van der Waals surface area contributed by atoms with Crippen LogP contribution >= 0.6 is 22.6 Å². The Morgan fingerprint density at radius 2 is 2.05 bits per heavy atom. The molecule has 1 N–H and O–H groups in total. The molecule has 1 aliphatic rings. The molecule has 1 saturated heterocycles. The average molecular weight is 393 g/mol. The Morgan fingerprint density at radius 1 is 1.38 bits per heavy atom. The van der Waals surface area contributed by atoms with E-state index in [-0.39, 0.29) is 18.5 Å². The molecule has 21 heavy (non-hydrogen) atoms. The second kappa shape index (κ2) is 7.44. The van der Waals surface area contributed by atoms with Crippen molar-refractivity contribution in [2.75, 3.05) is 6.54 Å². The number of nitrogens with zero attached hydrogens (tertiary/aromatic N) is 2. The number of amides is 1. The Kier molecular flexibility index (Phi) is 5.60. The molecule has 0 aromatic heterocycles. The molecule has 4 nitrogen and oxygen atoms in total. The van der Waals surface area contributed by atoms with Gasteiger partial charge in [0.25, 0.3) is 0 Å². The molecule has 0 spiro atoms. The molecule has 1 aliphatic heterocycles. The Balaban J connectivity index is 1.88. The Bertz CT molecular complexity index is 563. The highest BCUT2D eigenvalue weighted by Crippen LogP contribution is 2.23. The Labute approximate surface area is 138 Å². The second-order valence-corrected chi connectivity index (χ2v) is 6.18. The number of nitrogens with one attached hydrogen (secondary N) is 1. The minimum atomic E-state index is -0.390. The first-order valence-electron chi connectivity index (χ1n) is 6.77. The predicted octanol–water partition coefficient (Wildman–Crippen LogP) is 1.90. The van der Waals surface area contributed by atoms with Crippen molar-refractivity contribution in [2.45, 2.75) is 31.5 Å². The van der Waals surface area contributed by atoms with E-state index in [0.717, 1.165) is 5.56 Å². The van der Waals surface area contributed by atoms with E-state index < -0.39 is 6.04 Å². The Morgan fingerprint density at radius 3 is 2.67 bits per heavy atom. The van der Waals surface area contributed by atoms with Crippen LogP contribution in [0.25, 0.3) is 0 Å². The number of halogens is 1. The molecule has 1 amide bonds. The maximum Gasteiger partial charge on any atom is 0.238 e. The third-order valence-corrected chi connectivity index (χ3v) is 4.25. The number of benzene rings is 1. The molecule has 0 radical (unpaired) electrons. The van der Waals surface area contributed by atoms with E-state index in [0.29, 0.717) is 19.4 Å². The third-order valence-electron chi connectivity index (χ3n) is 3.53. The average Bonchev–Trinajstić information content (AvgIpc) is 2.92. The summed E-state index contributed by atoms with van der Waals surface area (Å²) in [4.78, 5) is 13.8. The number of terminal acetylenes is 1. The molecule has 108 valence electrons. The lowest BCUT2D eigenvalue weighted by atomic mass is 10.2. The largest absolute Gasteiger partial charge is 0.312 e. The van der Waals surface area contributed by atoms with Crippen LogP contribution in [-0.4, -0.2) is 29.4 Å². The van der Waals surface area contributed by atoms with Crippen LogP contribution in [0, 0.1) is 27.2 Å². The van der Waals surface area contributed by atoms with Gasteiger partial charge in [0.15, 0.2) is 0 Å². The van der Waals surface area contributed by atoms with Gasteiger partial charge in [-0.2, -0.15) is 5.26 Å². The molecule has 0 bridgehead atoms. The molecule has 2 rings (SSSR count). The van der Waals surface area contributed by atoms with Crippen LogP contribution in [-0.2, 0) is 11.3 Å². The topological polar surface area (TPSA) is 56.1 Å². The minimum Gasteiger partial charge on any atom is -0.312 e. The quantitative estimate of drug-likeness (QED) is 0.628. The number of nitriles is 1. The highest BCUT2D eigenvalue weighted by Gasteiger charge is 2.35. The van der Waals surface area contributed by atoms with Crippen LogP contribution < -0.4 is 5.32 Å². The van der Waals surface area contributed by atoms with Gasteiger partial charge in [0.1, 0.15) is 6.04 Å². The van der Waals surface area contributed by atoms with Gasteiger partial charge in [0.2, 0.25) is 5.91 Å². The summed E-state index contributed by atoms with van der Waals surface area (Å²) in [5, 5.41) is 12.2. The van der Waals surface area contributed by atoms with E-state index in [1.165, 1.54) is 3.57 Å². The molecule has 0 saturated carbocycles. The lowest BCUT2D eigenvalue weighted by Gasteiger charge is -2.24. The highest BCUT2D eigenvalue weighted by molar-refractivity contribution is 14.1. The second-order valence-electron chi connectivity index (χ2n) is 4.94. The van der Waals surface area contributed by atoms with E-state index >= 15 is 0 Å². The molecule has 2 atom stereocenters. The van der Waals surface area contributed by atoms with Crippen molar-refractivity contribution in [2.24, 2.45) is 0 Å². The summed E-state index contributed by atoms with van der Waals surface area (Å²) in [5.74, 6) is 2.49. The summed E-state index contributed by atoms with van der Waals surface area (Å²) >= 11 is 2.25. The third kappa shape index (κ3) is 3.96. The zero-order chi connectivity index (χ0) is 15.2. The van der Waals surface area contributed by atoms with Gasteiger partial charge in [0.05, 0.1) is 18.7 Å². The number of likely N-dealkylation sites (tertiary alicyclic amines) is 1. The van der Waals surface area contributed by atoms with Crippen LogP contribution in [0.4, 0.5) is 0 Å². The van der Waals surface area contributed by atoms with Gasteiger partial charge in [-0.1, -0.05) is 18.1 Å². The van der Waals surface area contributed by atoms with Crippen molar-refractivity contribution in [1.29, 1.82) is 5.26 Å². The molecule has 1 heterocycles. The Hall–Kier alpha value is -1.57. The van der Waals surface area contributed by atoms with E-state index in [2.05, 4.69) is 39.9 Å². The molecule has 0 aliphatic carbocycles. The summed E-state index contributed by atoms with van der Waals surface area (Å²) < 4.78 is 1.18. The minimum absolute atomic E-state index is 0.104. The van der Waals surface area contributed by atoms with E-state index in [1.54, 1.807) is 4.90 Å². The van der Waals surface area contributed by atoms with E-state index in [1.807, 2.05) is 24.3 Å². The standard InChI is InChI=1S/C16H16IN3O/c1-2-14-7-8-15(9-18)20(14)16(21)11-19-10-12-3-5-13(17)6-4-12/h1,3-6,14-15,19H,7-8,10-11H2/t14-,15-/m0/s1. The zero-order valence-electron chi connectivity index (χ0n) is 11.6. The molecular formula is C16H16IN3O. The number of carbonyl (C=O) groups is 1. The number of carbonyl (C=O) groups excluding carboxylic acids is 1. The van der Waals surface area contributed by atoms with Crippen LogP contribution in [0.3, 0.4) is 0 Å². The normalized spacial score (nSPS) is 20.8. The highest BCUT2D eigenvalue weighted by atomic mass is 127. The van der Waals surface area contributed by atoms with E-state index in [9.17, 15) is 4.79 Å². The molecule has 1 aromatic carbocycles. The van der Waals surface area contributed by atoms with Crippen LogP contribution in [0.1, 0.15) is 18.4 Å². The van der Waals surface area contributed by atoms with Crippen LogP contribution in [0.2, 0.25) is 0 Å². The van der Waals surface area contributed by atoms with Gasteiger partial charge in [-0.15, -0.1) is 6.42 Å². The summed E-state index contributed by atoms with van der Waals surface area (Å²) in [5.41, 5.74) is 1.12. The fourth-order valence-electron chi connectivity index (χ4n) is 2.46. The van der Waals surface area contributed by atoms with Crippen molar-refractivity contribution < 1.29 is 4.79 Å². The zero-order valence-corrected chi connectivity index (χ0v) is 13.7. The predicted molar refractivity (Wildman–Crippen MR) is 89.0 cm³/mol. The number of hydrogen-bond donors (Lipinski definition) is 1. The number of hydrogen-bond acceptors (Lipinski definition) is 3. The fourth-order valence-corrected chi connectivity index (χ4v) is 2.82. The van der Waals surface area contributed by atoms with Gasteiger partial charge in [-0.3, -0.25) is 4.79 Å². The number of rotatable bonds is 4. The summed E-state index contributed by atoms with van der Waals surface area (Å²) in [6.07, 6.45) is 6.81. The first-order valence-corrected chi connectivity index (χ1v) is 7.85. The van der Waals surface area contributed by atoms with Crippen molar-refractivity contribution in [1.82, 2.24) is 10.2 Å². The monoisotopic (exact) mass is 393 g/mol. The van der Waals surface area contributed by atoms with Crippen LogP contribution in [0.15, 0.2) is 24.3 Å². The molecule has 1 aromatic rings. The summed E-state index contributed by atoms with van der Waals surface area (Å²) in [6.45, 7) is 0.816. The summed E-state index contributed by atoms with van der Waals surface area (Å²) in [6, 6.07) is 9.62. The van der Waals surface area contributed by atoms with Crippen LogP contribution in [0.5, 0.6) is 0 Å². The van der Waals surface area contributed by atoms with Crippen molar-refractivity contribution in [3.63, 3.8) is 0 Å². The molecular weight excluding hydrogens is 377 g/mol. The molecule has 0 unspecified atom stereocenters. The summed E-state index contributed by atoms with van der Waals surface area (Å²) in [7, 11) is 0. The van der Waals surface area contributed by atoms with Gasteiger partial charge in [0, 0.05) is 10.1 Å². The van der Waals surface area contributed by atoms with Gasteiger partial charge >= 0.3 is 0 Å². The van der Waals surface area contributed by atoms with Crippen molar-refractivity contribution in [3.8, 4) is 18.4 Å². The molecule has 5 heteroatoms. The van der Waals surface area contributed by atoms with Crippen molar-refractivity contribution in [3.05, 3.63) is 33.4 Å². The van der Waals surface area contributed by atoms with Gasteiger partial charge in [-0.05, 0) is 53.1 Å². The smallest absolute Gasteiger partial charge is 0.238 e. The van der Waals surface area contributed by atoms with Gasteiger partial charge < -0.3 is 10.2 Å². The van der Waals surface area contributed by atoms with E-state index in [4.69, 9.17) is 11.7 Å². The fraction of sp³-hybridized carbons (Fsp3) is 0.375. The molecule has 1 fully saturated rings.